The van der Waals surface area contributed by atoms with Crippen molar-refractivity contribution < 1.29 is 24.2 Å². The molecule has 218 valence electrons. The second-order valence-corrected chi connectivity index (χ2v) is 12.1. The SMILES string of the molecule is COc1ccc([C@@H](Cc2ccc(NC(=O)c3c(Cl)cccc3Cl)cc2)C(=O)O)cc1N(CC(C)C)C(=O)C(C)(C)C. The summed E-state index contributed by atoms with van der Waals surface area (Å²) >= 11 is 12.3. The number of benzene rings is 3. The van der Waals surface area contributed by atoms with Gasteiger partial charge in [-0.25, -0.2) is 0 Å². The predicted molar refractivity (Wildman–Crippen MR) is 165 cm³/mol. The molecule has 0 heterocycles. The van der Waals surface area contributed by atoms with Crippen LogP contribution < -0.4 is 15.0 Å². The van der Waals surface area contributed by atoms with Crippen LogP contribution in [0.4, 0.5) is 11.4 Å². The van der Waals surface area contributed by atoms with Gasteiger partial charge in [0.15, 0.2) is 0 Å². The van der Waals surface area contributed by atoms with E-state index >= 15 is 0 Å². The fraction of sp³-hybridized carbons (Fsp3) is 0.344. The molecule has 3 rings (SSSR count). The lowest BCUT2D eigenvalue weighted by Gasteiger charge is -2.32. The van der Waals surface area contributed by atoms with Gasteiger partial charge in [0, 0.05) is 17.6 Å². The number of methoxy groups -OCH3 is 1. The molecule has 0 aliphatic heterocycles. The number of rotatable bonds is 10. The third-order valence-electron chi connectivity index (χ3n) is 6.47. The van der Waals surface area contributed by atoms with Gasteiger partial charge in [-0.3, -0.25) is 14.4 Å². The molecule has 2 N–H and O–H groups in total. The lowest BCUT2D eigenvalue weighted by atomic mass is 9.90. The molecule has 0 fully saturated rings. The van der Waals surface area contributed by atoms with Crippen molar-refractivity contribution in [2.45, 2.75) is 47.0 Å². The molecule has 0 aromatic heterocycles. The van der Waals surface area contributed by atoms with Crippen LogP contribution in [-0.2, 0) is 16.0 Å². The van der Waals surface area contributed by atoms with Crippen molar-refractivity contribution in [3.05, 3.63) is 87.4 Å². The van der Waals surface area contributed by atoms with Gasteiger partial charge in [-0.05, 0) is 59.9 Å². The van der Waals surface area contributed by atoms with E-state index in [1.165, 1.54) is 7.11 Å². The first-order chi connectivity index (χ1) is 19.2. The molecule has 41 heavy (non-hydrogen) atoms. The Morgan fingerprint density at radius 3 is 2.10 bits per heavy atom. The number of hydrogen-bond donors (Lipinski definition) is 2. The monoisotopic (exact) mass is 598 g/mol. The van der Waals surface area contributed by atoms with Crippen LogP contribution in [0.5, 0.6) is 5.75 Å². The van der Waals surface area contributed by atoms with E-state index in [1.807, 2.05) is 34.6 Å². The molecular formula is C32H36Cl2N2O5. The summed E-state index contributed by atoms with van der Waals surface area (Å²) in [4.78, 5) is 40.3. The highest BCUT2D eigenvalue weighted by atomic mass is 35.5. The highest BCUT2D eigenvalue weighted by Gasteiger charge is 2.31. The van der Waals surface area contributed by atoms with Crippen molar-refractivity contribution in [1.29, 1.82) is 0 Å². The van der Waals surface area contributed by atoms with Crippen molar-refractivity contribution in [1.82, 2.24) is 0 Å². The Kier molecular flexibility index (Phi) is 10.5. The van der Waals surface area contributed by atoms with Crippen LogP contribution in [0, 0.1) is 11.3 Å². The number of ether oxygens (including phenoxy) is 1. The van der Waals surface area contributed by atoms with E-state index in [0.29, 0.717) is 29.2 Å². The standard InChI is InChI=1S/C32H36Cl2N2O5/c1-19(2)18-36(31(40)32(3,4)5)26-17-21(12-15-27(26)41-6)23(30(38)39)16-20-10-13-22(14-11-20)35-29(37)28-24(33)8-7-9-25(28)34/h7-15,17,19,23H,16,18H2,1-6H3,(H,35,37)(H,38,39)/t23-/m1/s1. The predicted octanol–water partition coefficient (Wildman–Crippen LogP) is 7.70. The Morgan fingerprint density at radius 2 is 1.59 bits per heavy atom. The zero-order valence-electron chi connectivity index (χ0n) is 24.1. The average Bonchev–Trinajstić information content (AvgIpc) is 2.89. The molecule has 1 atom stereocenters. The van der Waals surface area contributed by atoms with E-state index in [4.69, 9.17) is 27.9 Å². The van der Waals surface area contributed by atoms with Crippen molar-refractivity contribution >= 4 is 52.4 Å². The Labute approximate surface area is 251 Å². The van der Waals surface area contributed by atoms with Crippen LogP contribution in [0.15, 0.2) is 60.7 Å². The van der Waals surface area contributed by atoms with Gasteiger partial charge in [0.05, 0.1) is 34.3 Å². The first-order valence-electron chi connectivity index (χ1n) is 13.3. The number of nitrogens with one attached hydrogen (secondary N) is 1. The number of nitrogens with zero attached hydrogens (tertiary/aromatic N) is 1. The van der Waals surface area contributed by atoms with Crippen molar-refractivity contribution in [2.75, 3.05) is 23.9 Å². The molecule has 9 heteroatoms. The number of anilines is 2. The summed E-state index contributed by atoms with van der Waals surface area (Å²) in [6.07, 6.45) is 0.197. The maximum Gasteiger partial charge on any atom is 0.311 e. The normalized spacial score (nSPS) is 12.1. The summed E-state index contributed by atoms with van der Waals surface area (Å²) in [6, 6.07) is 16.9. The number of amides is 2. The van der Waals surface area contributed by atoms with Crippen molar-refractivity contribution in [3.63, 3.8) is 0 Å². The van der Waals surface area contributed by atoms with Crippen LogP contribution in [0.25, 0.3) is 0 Å². The van der Waals surface area contributed by atoms with Crippen LogP contribution in [0.2, 0.25) is 10.0 Å². The Bertz CT molecular complexity index is 1390. The van der Waals surface area contributed by atoms with Crippen molar-refractivity contribution in [2.24, 2.45) is 11.3 Å². The van der Waals surface area contributed by atoms with Crippen LogP contribution in [0.3, 0.4) is 0 Å². The Hall–Kier alpha value is -3.55. The Balaban J connectivity index is 1.89. The van der Waals surface area contributed by atoms with E-state index in [1.54, 1.807) is 65.6 Å². The first kappa shape index (κ1) is 32.0. The number of carbonyl (C=O) groups excluding carboxylic acids is 2. The lowest BCUT2D eigenvalue weighted by Crippen LogP contribution is -2.42. The summed E-state index contributed by atoms with van der Waals surface area (Å²) in [5, 5.41) is 13.4. The first-order valence-corrected chi connectivity index (χ1v) is 14.1. The second kappa shape index (κ2) is 13.4. The number of carboxylic acids is 1. The summed E-state index contributed by atoms with van der Waals surface area (Å²) in [5.74, 6) is -1.73. The summed E-state index contributed by atoms with van der Waals surface area (Å²) in [5.41, 5.74) is 1.90. The molecular weight excluding hydrogens is 563 g/mol. The van der Waals surface area contributed by atoms with Gasteiger partial charge < -0.3 is 20.1 Å². The third-order valence-corrected chi connectivity index (χ3v) is 7.10. The summed E-state index contributed by atoms with van der Waals surface area (Å²) in [7, 11) is 1.53. The van der Waals surface area contributed by atoms with Crippen LogP contribution >= 0.6 is 23.2 Å². The molecule has 7 nitrogen and oxygen atoms in total. The largest absolute Gasteiger partial charge is 0.495 e. The fourth-order valence-corrected chi connectivity index (χ4v) is 4.98. The molecule has 0 spiro atoms. The average molecular weight is 600 g/mol. The zero-order chi connectivity index (χ0) is 30.5. The van der Waals surface area contributed by atoms with E-state index in [0.717, 1.165) is 5.56 Å². The molecule has 0 aliphatic rings. The van der Waals surface area contributed by atoms with Gasteiger partial charge in [0.25, 0.3) is 5.91 Å². The Morgan fingerprint density at radius 1 is 0.976 bits per heavy atom. The van der Waals surface area contributed by atoms with Crippen LogP contribution in [0.1, 0.15) is 62.0 Å². The number of carbonyl (C=O) groups is 3. The minimum Gasteiger partial charge on any atom is -0.495 e. The minimum absolute atomic E-state index is 0.0794. The summed E-state index contributed by atoms with van der Waals surface area (Å²) < 4.78 is 5.58. The second-order valence-electron chi connectivity index (χ2n) is 11.3. The van der Waals surface area contributed by atoms with E-state index in [2.05, 4.69) is 5.32 Å². The fourth-order valence-electron chi connectivity index (χ4n) is 4.41. The number of carboxylic acid groups (broad SMARTS) is 1. The molecule has 2 amide bonds. The molecule has 3 aromatic carbocycles. The quantitative estimate of drug-likeness (QED) is 0.249. The maximum absolute atomic E-state index is 13.4. The molecule has 0 saturated carbocycles. The lowest BCUT2D eigenvalue weighted by molar-refractivity contribution is -0.138. The van der Waals surface area contributed by atoms with Gasteiger partial charge >= 0.3 is 5.97 Å². The van der Waals surface area contributed by atoms with Crippen molar-refractivity contribution in [3.8, 4) is 5.75 Å². The van der Waals surface area contributed by atoms with E-state index in [9.17, 15) is 19.5 Å². The molecule has 0 saturated heterocycles. The third kappa shape index (κ3) is 8.02. The summed E-state index contributed by atoms with van der Waals surface area (Å²) in [6.45, 7) is 10.1. The number of halogens is 2. The maximum atomic E-state index is 13.4. The minimum atomic E-state index is -0.996. The number of aliphatic carboxylic acids is 1. The topological polar surface area (TPSA) is 95.9 Å². The van der Waals surface area contributed by atoms with Gasteiger partial charge in [-0.15, -0.1) is 0 Å². The number of hydrogen-bond acceptors (Lipinski definition) is 4. The highest BCUT2D eigenvalue weighted by Crippen LogP contribution is 2.36. The molecule has 3 aromatic rings. The van der Waals surface area contributed by atoms with Gasteiger partial charge in [0.1, 0.15) is 5.75 Å². The van der Waals surface area contributed by atoms with Gasteiger partial charge in [-0.2, -0.15) is 0 Å². The molecule has 0 bridgehead atoms. The van der Waals surface area contributed by atoms with E-state index < -0.39 is 23.2 Å². The van der Waals surface area contributed by atoms with Crippen LogP contribution in [-0.4, -0.2) is 36.5 Å². The molecule has 0 unspecified atom stereocenters. The zero-order valence-corrected chi connectivity index (χ0v) is 25.6. The molecule has 0 radical (unpaired) electrons. The smallest absolute Gasteiger partial charge is 0.311 e. The van der Waals surface area contributed by atoms with Gasteiger partial charge in [-0.1, -0.05) is 82.1 Å². The van der Waals surface area contributed by atoms with E-state index in [-0.39, 0.29) is 33.9 Å². The molecule has 0 aliphatic carbocycles. The highest BCUT2D eigenvalue weighted by molar-refractivity contribution is 6.40. The van der Waals surface area contributed by atoms with Gasteiger partial charge in [0.2, 0.25) is 5.91 Å².